The van der Waals surface area contributed by atoms with Gasteiger partial charge in [0.15, 0.2) is 5.96 Å². The second kappa shape index (κ2) is 10.7. The summed E-state index contributed by atoms with van der Waals surface area (Å²) in [6, 6.07) is 5.07. The number of nitrogens with one attached hydrogen (secondary N) is 1. The van der Waals surface area contributed by atoms with Crippen LogP contribution >= 0.6 is 24.0 Å². The summed E-state index contributed by atoms with van der Waals surface area (Å²) in [5, 5.41) is 7.11. The summed E-state index contributed by atoms with van der Waals surface area (Å²) in [4.78, 5) is 20.1. The van der Waals surface area contributed by atoms with Crippen molar-refractivity contribution >= 4 is 41.5 Å². The van der Waals surface area contributed by atoms with E-state index in [4.69, 9.17) is 4.74 Å². The van der Waals surface area contributed by atoms with Gasteiger partial charge in [-0.1, -0.05) is 12.1 Å². The third-order valence-electron chi connectivity index (χ3n) is 4.57. The van der Waals surface area contributed by atoms with E-state index in [-0.39, 0.29) is 55.3 Å². The molecule has 2 aromatic rings. The van der Waals surface area contributed by atoms with E-state index in [1.54, 1.807) is 41.0 Å². The largest absolute Gasteiger partial charge is 0.491 e. The van der Waals surface area contributed by atoms with Crippen LogP contribution in [0.4, 0.5) is 18.9 Å². The molecule has 1 aliphatic heterocycles. The molecule has 1 aromatic carbocycles. The molecule has 0 aliphatic carbocycles. The van der Waals surface area contributed by atoms with Gasteiger partial charge in [-0.15, -0.1) is 24.0 Å². The van der Waals surface area contributed by atoms with Gasteiger partial charge in [0.2, 0.25) is 5.91 Å². The van der Waals surface area contributed by atoms with Gasteiger partial charge < -0.3 is 19.9 Å². The van der Waals surface area contributed by atoms with Crippen LogP contribution in [-0.2, 0) is 18.0 Å². The molecule has 0 saturated carbocycles. The molecule has 1 aromatic heterocycles. The number of para-hydroxylation sites is 1. The fourth-order valence-electron chi connectivity index (χ4n) is 3.16. The number of carbonyl (C=O) groups excluding carboxylic acids is 1. The molecule has 170 valence electrons. The monoisotopic (exact) mass is 552 g/mol. The van der Waals surface area contributed by atoms with Crippen molar-refractivity contribution in [1.29, 1.82) is 0 Å². The zero-order valence-electron chi connectivity index (χ0n) is 17.1. The Hall–Kier alpha value is -2.51. The van der Waals surface area contributed by atoms with E-state index in [2.05, 4.69) is 15.4 Å². The molecule has 1 saturated heterocycles. The van der Waals surface area contributed by atoms with Gasteiger partial charge in [-0.05, 0) is 12.1 Å². The number of guanidine groups is 1. The van der Waals surface area contributed by atoms with E-state index < -0.39 is 11.7 Å². The van der Waals surface area contributed by atoms with Crippen LogP contribution in [-0.4, -0.2) is 66.4 Å². The Labute approximate surface area is 195 Å². The molecule has 31 heavy (non-hydrogen) atoms. The molecule has 0 atom stereocenters. The number of aliphatic imine (C=N–C) groups is 1. The van der Waals surface area contributed by atoms with Crippen LogP contribution in [0.1, 0.15) is 5.56 Å². The first kappa shape index (κ1) is 24.8. The summed E-state index contributed by atoms with van der Waals surface area (Å²) in [6.07, 6.45) is -1.07. The number of carbonyl (C=O) groups is 1. The van der Waals surface area contributed by atoms with Crippen molar-refractivity contribution in [3.8, 4) is 5.75 Å². The quantitative estimate of drug-likeness (QED) is 0.267. The Kier molecular flexibility index (Phi) is 8.53. The molecule has 1 N–H and O–H groups in total. The predicted molar refractivity (Wildman–Crippen MR) is 121 cm³/mol. The summed E-state index contributed by atoms with van der Waals surface area (Å²) >= 11 is 0. The van der Waals surface area contributed by atoms with Crippen LogP contribution in [0, 0.1) is 0 Å². The molecule has 12 heteroatoms. The third-order valence-corrected chi connectivity index (χ3v) is 4.57. The van der Waals surface area contributed by atoms with Crippen molar-refractivity contribution in [3.05, 3.63) is 42.2 Å². The minimum Gasteiger partial charge on any atom is -0.491 e. The lowest BCUT2D eigenvalue weighted by Crippen LogP contribution is -2.55. The fraction of sp³-hybridized carbons (Fsp3) is 0.421. The van der Waals surface area contributed by atoms with Gasteiger partial charge >= 0.3 is 6.18 Å². The number of hydrogen-bond donors (Lipinski definition) is 1. The maximum Gasteiger partial charge on any atom is 0.419 e. The first-order chi connectivity index (χ1) is 14.3. The lowest BCUT2D eigenvalue weighted by molar-refractivity contribution is -0.139. The highest BCUT2D eigenvalue weighted by atomic mass is 127. The molecule has 1 amide bonds. The number of alkyl halides is 3. The van der Waals surface area contributed by atoms with E-state index >= 15 is 0 Å². The predicted octanol–water partition coefficient (Wildman–Crippen LogP) is 2.36. The minimum atomic E-state index is -4.48. The zero-order valence-corrected chi connectivity index (χ0v) is 19.4. The number of ether oxygens (including phenoxy) is 1. The van der Waals surface area contributed by atoms with Crippen molar-refractivity contribution in [3.63, 3.8) is 0 Å². The van der Waals surface area contributed by atoms with Crippen molar-refractivity contribution in [2.45, 2.75) is 6.18 Å². The molecular weight excluding hydrogens is 528 g/mol. The standard InChI is InChI=1S/C19H23F3N6O2.HI/c1-23-18(24-7-10-30-16-6-4-3-5-15(16)19(20,21)22)27-8-9-28(17(29)13-27)14-11-25-26(2)12-14;/h3-6,11-12H,7-10,13H2,1-2H3,(H,23,24);1H. The third kappa shape index (κ3) is 6.24. The first-order valence-corrected chi connectivity index (χ1v) is 9.33. The smallest absolute Gasteiger partial charge is 0.419 e. The molecule has 2 heterocycles. The molecule has 0 unspecified atom stereocenters. The second-order valence-corrected chi connectivity index (χ2v) is 6.66. The van der Waals surface area contributed by atoms with E-state index in [9.17, 15) is 18.0 Å². The van der Waals surface area contributed by atoms with Gasteiger partial charge in [0.05, 0.1) is 24.0 Å². The van der Waals surface area contributed by atoms with E-state index in [0.29, 0.717) is 19.0 Å². The minimum absolute atomic E-state index is 0. The van der Waals surface area contributed by atoms with Crippen LogP contribution in [0.15, 0.2) is 41.7 Å². The number of nitrogens with zero attached hydrogens (tertiary/aromatic N) is 5. The molecule has 0 radical (unpaired) electrons. The number of amides is 1. The van der Waals surface area contributed by atoms with Crippen LogP contribution in [0.5, 0.6) is 5.75 Å². The average molecular weight is 552 g/mol. The van der Waals surface area contributed by atoms with E-state index in [1.807, 2.05) is 0 Å². The highest BCUT2D eigenvalue weighted by molar-refractivity contribution is 14.0. The fourth-order valence-corrected chi connectivity index (χ4v) is 3.16. The number of aryl methyl sites for hydroxylation is 1. The number of anilines is 1. The van der Waals surface area contributed by atoms with Crippen LogP contribution in [0.2, 0.25) is 0 Å². The number of rotatable bonds is 5. The molecule has 0 bridgehead atoms. The van der Waals surface area contributed by atoms with E-state index in [1.165, 1.54) is 18.2 Å². The number of halogens is 4. The normalized spacial score (nSPS) is 15.0. The van der Waals surface area contributed by atoms with Gasteiger partial charge in [0, 0.05) is 33.4 Å². The maximum atomic E-state index is 13.0. The highest BCUT2D eigenvalue weighted by Crippen LogP contribution is 2.35. The Morgan fingerprint density at radius 2 is 2.03 bits per heavy atom. The summed E-state index contributed by atoms with van der Waals surface area (Å²) in [5.74, 6) is 0.177. The van der Waals surface area contributed by atoms with Crippen molar-refractivity contribution in [1.82, 2.24) is 20.0 Å². The Morgan fingerprint density at radius 1 is 1.29 bits per heavy atom. The number of aromatic nitrogens is 2. The van der Waals surface area contributed by atoms with Crippen molar-refractivity contribution < 1.29 is 22.7 Å². The second-order valence-electron chi connectivity index (χ2n) is 6.66. The van der Waals surface area contributed by atoms with Gasteiger partial charge in [-0.3, -0.25) is 14.5 Å². The van der Waals surface area contributed by atoms with Crippen LogP contribution < -0.4 is 15.0 Å². The lowest BCUT2D eigenvalue weighted by Gasteiger charge is -2.35. The average Bonchev–Trinajstić information content (AvgIpc) is 3.13. The van der Waals surface area contributed by atoms with Crippen LogP contribution in [0.25, 0.3) is 0 Å². The van der Waals surface area contributed by atoms with Gasteiger partial charge in [-0.25, -0.2) is 0 Å². The molecule has 0 spiro atoms. The molecule has 3 rings (SSSR count). The lowest BCUT2D eigenvalue weighted by atomic mass is 10.2. The molecular formula is C19H24F3IN6O2. The zero-order chi connectivity index (χ0) is 21.7. The van der Waals surface area contributed by atoms with Gasteiger partial charge in [0.25, 0.3) is 0 Å². The number of benzene rings is 1. The molecule has 1 aliphatic rings. The highest BCUT2D eigenvalue weighted by Gasteiger charge is 2.34. The summed E-state index contributed by atoms with van der Waals surface area (Å²) in [6.45, 7) is 1.40. The topological polar surface area (TPSA) is 75.0 Å². The summed E-state index contributed by atoms with van der Waals surface area (Å²) in [5.41, 5.74) is -0.0756. The number of hydrogen-bond acceptors (Lipinski definition) is 4. The summed E-state index contributed by atoms with van der Waals surface area (Å²) in [7, 11) is 3.37. The summed E-state index contributed by atoms with van der Waals surface area (Å²) < 4.78 is 46.0. The first-order valence-electron chi connectivity index (χ1n) is 9.33. The van der Waals surface area contributed by atoms with Crippen LogP contribution in [0.3, 0.4) is 0 Å². The Bertz CT molecular complexity index is 918. The molecule has 8 nitrogen and oxygen atoms in total. The van der Waals surface area contributed by atoms with Gasteiger partial charge in [-0.2, -0.15) is 18.3 Å². The molecule has 1 fully saturated rings. The Morgan fingerprint density at radius 3 is 2.65 bits per heavy atom. The van der Waals surface area contributed by atoms with Crippen molar-refractivity contribution in [2.75, 3.05) is 44.7 Å². The number of piperazine rings is 1. The van der Waals surface area contributed by atoms with Gasteiger partial charge in [0.1, 0.15) is 18.9 Å². The SMILES string of the molecule is CN=C(NCCOc1ccccc1C(F)(F)F)N1CCN(c2cnn(C)c2)C(=O)C1.I. The maximum absolute atomic E-state index is 13.0. The van der Waals surface area contributed by atoms with E-state index in [0.717, 1.165) is 11.8 Å². The van der Waals surface area contributed by atoms with Crippen molar-refractivity contribution in [2.24, 2.45) is 12.0 Å². The Balaban J connectivity index is 0.00000341.